The number of ether oxygens (including phenoxy) is 2. The third kappa shape index (κ3) is 8.54. The van der Waals surface area contributed by atoms with Gasteiger partial charge in [-0.2, -0.15) is 0 Å². The van der Waals surface area contributed by atoms with Crippen molar-refractivity contribution in [2.75, 3.05) is 20.3 Å². The maximum Gasteiger partial charge on any atom is 0.220 e. The van der Waals surface area contributed by atoms with E-state index in [4.69, 9.17) is 9.47 Å². The van der Waals surface area contributed by atoms with E-state index in [0.29, 0.717) is 32.4 Å². The molecule has 1 aromatic rings. The van der Waals surface area contributed by atoms with E-state index in [1.807, 2.05) is 27.7 Å². The van der Waals surface area contributed by atoms with Crippen molar-refractivity contribution in [3.05, 3.63) is 23.8 Å². The molecular formula is C20H33NO5. The van der Waals surface area contributed by atoms with Crippen molar-refractivity contribution < 1.29 is 24.5 Å². The van der Waals surface area contributed by atoms with Crippen LogP contribution in [0.1, 0.15) is 52.5 Å². The predicted octanol–water partition coefficient (Wildman–Crippen LogP) is 3.15. The maximum absolute atomic E-state index is 12.0. The lowest BCUT2D eigenvalue weighted by Crippen LogP contribution is -2.32. The minimum Gasteiger partial charge on any atom is -0.504 e. The van der Waals surface area contributed by atoms with Gasteiger partial charge in [0.1, 0.15) is 0 Å². The second kappa shape index (κ2) is 9.78. The van der Waals surface area contributed by atoms with Crippen molar-refractivity contribution in [1.82, 2.24) is 5.32 Å². The van der Waals surface area contributed by atoms with Crippen LogP contribution in [0.5, 0.6) is 11.5 Å². The van der Waals surface area contributed by atoms with Gasteiger partial charge in [0.05, 0.1) is 17.8 Å². The van der Waals surface area contributed by atoms with E-state index < -0.39 is 0 Å². The van der Waals surface area contributed by atoms with Gasteiger partial charge in [0.15, 0.2) is 11.5 Å². The Labute approximate surface area is 156 Å². The zero-order valence-corrected chi connectivity index (χ0v) is 16.6. The summed E-state index contributed by atoms with van der Waals surface area (Å²) in [4.78, 5) is 12.0. The van der Waals surface area contributed by atoms with E-state index in [1.165, 1.54) is 12.1 Å². The van der Waals surface area contributed by atoms with Crippen LogP contribution in [-0.4, -0.2) is 47.6 Å². The molecule has 0 fully saturated rings. The summed E-state index contributed by atoms with van der Waals surface area (Å²) < 4.78 is 11.3. The van der Waals surface area contributed by atoms with Gasteiger partial charge in [-0.15, -0.1) is 0 Å². The average Bonchev–Trinajstić information content (AvgIpc) is 2.56. The highest BCUT2D eigenvalue weighted by molar-refractivity contribution is 5.75. The Balaban J connectivity index is 2.26. The van der Waals surface area contributed by atoms with Crippen LogP contribution in [0.4, 0.5) is 0 Å². The zero-order chi connectivity index (χ0) is 19.8. The summed E-state index contributed by atoms with van der Waals surface area (Å²) in [5.41, 5.74) is 0.269. The molecule has 0 aliphatic rings. The minimum atomic E-state index is -0.371. The molecule has 0 spiro atoms. The second-order valence-corrected chi connectivity index (χ2v) is 7.74. The van der Waals surface area contributed by atoms with Gasteiger partial charge >= 0.3 is 0 Å². The molecule has 6 heteroatoms. The monoisotopic (exact) mass is 367 g/mol. The number of rotatable bonds is 11. The number of amides is 1. The molecule has 26 heavy (non-hydrogen) atoms. The summed E-state index contributed by atoms with van der Waals surface area (Å²) in [5.74, 6) is -0.319. The topological polar surface area (TPSA) is 88.0 Å². The van der Waals surface area contributed by atoms with Gasteiger partial charge in [0, 0.05) is 20.1 Å². The SMILES string of the molecule is COC(C)(C)CCOC(C)(C)CCC(=O)NCCc1ccc(O)c(O)c1. The lowest BCUT2D eigenvalue weighted by molar-refractivity contribution is -0.123. The Morgan fingerprint density at radius 1 is 1.08 bits per heavy atom. The lowest BCUT2D eigenvalue weighted by Gasteiger charge is -2.28. The Morgan fingerprint density at radius 2 is 1.77 bits per heavy atom. The van der Waals surface area contributed by atoms with Crippen molar-refractivity contribution in [1.29, 1.82) is 0 Å². The molecule has 0 saturated heterocycles. The van der Waals surface area contributed by atoms with E-state index in [2.05, 4.69) is 5.32 Å². The third-order valence-electron chi connectivity index (χ3n) is 4.48. The zero-order valence-electron chi connectivity index (χ0n) is 16.6. The van der Waals surface area contributed by atoms with E-state index in [9.17, 15) is 15.0 Å². The number of phenols is 2. The quantitative estimate of drug-likeness (QED) is 0.523. The summed E-state index contributed by atoms with van der Waals surface area (Å²) in [5, 5.41) is 21.6. The highest BCUT2D eigenvalue weighted by Crippen LogP contribution is 2.25. The minimum absolute atomic E-state index is 0.0260. The van der Waals surface area contributed by atoms with Crippen LogP contribution in [-0.2, 0) is 20.7 Å². The fraction of sp³-hybridized carbons (Fsp3) is 0.650. The van der Waals surface area contributed by atoms with Gasteiger partial charge in [-0.25, -0.2) is 0 Å². The van der Waals surface area contributed by atoms with Crippen LogP contribution < -0.4 is 5.32 Å². The summed E-state index contributed by atoms with van der Waals surface area (Å²) >= 11 is 0. The number of benzene rings is 1. The summed E-state index contributed by atoms with van der Waals surface area (Å²) in [7, 11) is 1.69. The first kappa shape index (κ1) is 22.3. The normalized spacial score (nSPS) is 12.2. The molecule has 0 saturated carbocycles. The molecule has 0 bridgehead atoms. The van der Waals surface area contributed by atoms with Crippen molar-refractivity contribution in [2.24, 2.45) is 0 Å². The van der Waals surface area contributed by atoms with Crippen LogP contribution in [0.3, 0.4) is 0 Å². The molecule has 0 atom stereocenters. The number of carbonyl (C=O) groups is 1. The smallest absolute Gasteiger partial charge is 0.220 e. The predicted molar refractivity (Wildman–Crippen MR) is 101 cm³/mol. The Kier molecular flexibility index (Phi) is 8.37. The van der Waals surface area contributed by atoms with Gasteiger partial charge in [-0.05, 0) is 64.7 Å². The molecule has 0 heterocycles. The first-order valence-electron chi connectivity index (χ1n) is 9.01. The van der Waals surface area contributed by atoms with Crippen molar-refractivity contribution in [3.8, 4) is 11.5 Å². The second-order valence-electron chi connectivity index (χ2n) is 7.74. The lowest BCUT2D eigenvalue weighted by atomic mass is 10.0. The summed E-state index contributed by atoms with van der Waals surface area (Å²) in [6.07, 6.45) is 2.40. The van der Waals surface area contributed by atoms with Gasteiger partial charge in [0.2, 0.25) is 5.91 Å². The highest BCUT2D eigenvalue weighted by atomic mass is 16.5. The van der Waals surface area contributed by atoms with E-state index >= 15 is 0 Å². The summed E-state index contributed by atoms with van der Waals surface area (Å²) in [6.45, 7) is 9.07. The van der Waals surface area contributed by atoms with E-state index in [0.717, 1.165) is 12.0 Å². The molecule has 1 rings (SSSR count). The average molecular weight is 367 g/mol. The fourth-order valence-corrected chi connectivity index (χ4v) is 2.32. The molecule has 3 N–H and O–H groups in total. The first-order valence-corrected chi connectivity index (χ1v) is 9.01. The van der Waals surface area contributed by atoms with Gasteiger partial charge in [0.25, 0.3) is 0 Å². The Hall–Kier alpha value is -1.79. The van der Waals surface area contributed by atoms with E-state index in [1.54, 1.807) is 13.2 Å². The van der Waals surface area contributed by atoms with Crippen LogP contribution >= 0.6 is 0 Å². The molecule has 1 amide bonds. The van der Waals surface area contributed by atoms with Crippen LogP contribution in [0.2, 0.25) is 0 Å². The Morgan fingerprint density at radius 3 is 2.38 bits per heavy atom. The van der Waals surface area contributed by atoms with Gasteiger partial charge in [-0.3, -0.25) is 4.79 Å². The van der Waals surface area contributed by atoms with Crippen molar-refractivity contribution in [3.63, 3.8) is 0 Å². The largest absolute Gasteiger partial charge is 0.504 e. The number of carbonyl (C=O) groups excluding carboxylic acids is 1. The van der Waals surface area contributed by atoms with Gasteiger partial charge < -0.3 is 25.0 Å². The number of hydrogen-bond acceptors (Lipinski definition) is 5. The molecule has 0 radical (unpaired) electrons. The number of aromatic hydroxyl groups is 2. The van der Waals surface area contributed by atoms with E-state index in [-0.39, 0.29) is 28.6 Å². The van der Waals surface area contributed by atoms with Crippen LogP contribution in [0.25, 0.3) is 0 Å². The molecule has 0 unspecified atom stereocenters. The molecule has 6 nitrogen and oxygen atoms in total. The summed E-state index contributed by atoms with van der Waals surface area (Å²) in [6, 6.07) is 4.66. The molecule has 0 aliphatic heterocycles. The molecule has 1 aromatic carbocycles. The number of phenolic OH excluding ortho intramolecular Hbond substituents is 2. The number of nitrogens with one attached hydrogen (secondary N) is 1. The molecule has 0 aromatic heterocycles. The van der Waals surface area contributed by atoms with Gasteiger partial charge in [-0.1, -0.05) is 6.07 Å². The first-order chi connectivity index (χ1) is 12.0. The molecular weight excluding hydrogens is 334 g/mol. The third-order valence-corrected chi connectivity index (χ3v) is 4.48. The number of hydrogen-bond donors (Lipinski definition) is 3. The van der Waals surface area contributed by atoms with Crippen molar-refractivity contribution >= 4 is 5.91 Å². The van der Waals surface area contributed by atoms with Crippen molar-refractivity contribution in [2.45, 2.75) is 64.6 Å². The molecule has 148 valence electrons. The number of methoxy groups -OCH3 is 1. The fourth-order valence-electron chi connectivity index (χ4n) is 2.32. The maximum atomic E-state index is 12.0. The Bertz CT molecular complexity index is 584. The van der Waals surface area contributed by atoms with Crippen LogP contribution in [0, 0.1) is 0 Å². The highest BCUT2D eigenvalue weighted by Gasteiger charge is 2.22. The van der Waals surface area contributed by atoms with Crippen LogP contribution in [0.15, 0.2) is 18.2 Å². The molecule has 0 aliphatic carbocycles. The standard InChI is InChI=1S/C20H33NO5/c1-19(2,25-5)11-13-26-20(3,4)10-8-18(24)21-12-9-15-6-7-16(22)17(23)14-15/h6-7,14,22-23H,8-13H2,1-5H3,(H,21,24).